The number of likely N-dealkylation sites (tertiary alicyclic amines) is 1. The zero-order chi connectivity index (χ0) is 15.3. The molecule has 1 N–H and O–H groups in total. The Balaban J connectivity index is 1.82. The molecule has 1 saturated carbocycles. The summed E-state index contributed by atoms with van der Waals surface area (Å²) in [6.45, 7) is 16.9. The number of hydrogen-bond donors (Lipinski definition) is 1. The minimum atomic E-state index is 0.454. The van der Waals surface area contributed by atoms with Gasteiger partial charge in [-0.2, -0.15) is 0 Å². The SMILES string of the molecule is CCCC(C)(CNC1CC1)CN1CCC(N(CC)CC)C1. The Morgan fingerprint density at radius 2 is 1.86 bits per heavy atom. The monoisotopic (exact) mass is 295 g/mol. The maximum Gasteiger partial charge on any atom is 0.0235 e. The molecule has 1 aliphatic carbocycles. The summed E-state index contributed by atoms with van der Waals surface area (Å²) in [4.78, 5) is 5.37. The maximum atomic E-state index is 3.78. The molecule has 2 unspecified atom stereocenters. The van der Waals surface area contributed by atoms with Crippen molar-refractivity contribution < 1.29 is 0 Å². The zero-order valence-electron chi connectivity index (χ0n) is 14.8. The molecule has 0 aromatic rings. The van der Waals surface area contributed by atoms with Crippen LogP contribution in [0.3, 0.4) is 0 Å². The third-order valence-electron chi connectivity index (χ3n) is 5.43. The van der Waals surface area contributed by atoms with E-state index in [1.54, 1.807) is 0 Å². The molecular weight excluding hydrogens is 258 g/mol. The molecule has 0 aromatic heterocycles. The van der Waals surface area contributed by atoms with Crippen LogP contribution in [0, 0.1) is 5.41 Å². The molecule has 21 heavy (non-hydrogen) atoms. The molecule has 0 bridgehead atoms. The minimum absolute atomic E-state index is 0.454. The molecule has 124 valence electrons. The van der Waals surface area contributed by atoms with Crippen molar-refractivity contribution in [1.29, 1.82) is 0 Å². The fourth-order valence-corrected chi connectivity index (χ4v) is 4.04. The van der Waals surface area contributed by atoms with Crippen molar-refractivity contribution in [3.05, 3.63) is 0 Å². The summed E-state index contributed by atoms with van der Waals surface area (Å²) in [6.07, 6.45) is 6.81. The zero-order valence-corrected chi connectivity index (χ0v) is 14.8. The fraction of sp³-hybridized carbons (Fsp3) is 1.00. The van der Waals surface area contributed by atoms with Gasteiger partial charge in [0.2, 0.25) is 0 Å². The number of nitrogens with zero attached hydrogens (tertiary/aromatic N) is 2. The Morgan fingerprint density at radius 3 is 2.43 bits per heavy atom. The smallest absolute Gasteiger partial charge is 0.0235 e. The molecule has 3 heteroatoms. The van der Waals surface area contributed by atoms with Gasteiger partial charge in [-0.05, 0) is 50.7 Å². The normalized spacial score (nSPS) is 26.4. The van der Waals surface area contributed by atoms with Crippen LogP contribution >= 0.6 is 0 Å². The number of likely N-dealkylation sites (N-methyl/N-ethyl adjacent to an activating group) is 1. The van der Waals surface area contributed by atoms with Gasteiger partial charge < -0.3 is 10.2 Å². The molecule has 0 radical (unpaired) electrons. The predicted octanol–water partition coefficient (Wildman–Crippen LogP) is 2.96. The second-order valence-electron chi connectivity index (χ2n) is 7.61. The summed E-state index contributed by atoms with van der Waals surface area (Å²) < 4.78 is 0. The van der Waals surface area contributed by atoms with E-state index in [4.69, 9.17) is 0 Å². The van der Waals surface area contributed by atoms with Gasteiger partial charge in [-0.1, -0.05) is 34.1 Å². The first-order valence-electron chi connectivity index (χ1n) is 9.30. The van der Waals surface area contributed by atoms with Gasteiger partial charge in [-0.25, -0.2) is 0 Å². The van der Waals surface area contributed by atoms with Gasteiger partial charge in [0.05, 0.1) is 0 Å². The second kappa shape index (κ2) is 7.94. The Labute approximate surface area is 132 Å². The van der Waals surface area contributed by atoms with Crippen molar-refractivity contribution >= 4 is 0 Å². The average Bonchev–Trinajstić information content (AvgIpc) is 3.19. The van der Waals surface area contributed by atoms with Crippen molar-refractivity contribution in [1.82, 2.24) is 15.1 Å². The predicted molar refractivity (Wildman–Crippen MR) is 91.8 cm³/mol. The molecule has 2 rings (SSSR count). The number of hydrogen-bond acceptors (Lipinski definition) is 3. The first-order valence-corrected chi connectivity index (χ1v) is 9.30. The van der Waals surface area contributed by atoms with Crippen LogP contribution in [0.5, 0.6) is 0 Å². The van der Waals surface area contributed by atoms with E-state index in [1.165, 1.54) is 71.4 Å². The number of rotatable bonds is 10. The lowest BCUT2D eigenvalue weighted by Gasteiger charge is -2.35. The van der Waals surface area contributed by atoms with E-state index in [2.05, 4.69) is 42.8 Å². The number of nitrogens with one attached hydrogen (secondary N) is 1. The fourth-order valence-electron chi connectivity index (χ4n) is 4.04. The van der Waals surface area contributed by atoms with Crippen LogP contribution in [0.2, 0.25) is 0 Å². The van der Waals surface area contributed by atoms with E-state index in [1.807, 2.05) is 0 Å². The molecular formula is C18H37N3. The molecule has 3 nitrogen and oxygen atoms in total. The lowest BCUT2D eigenvalue weighted by atomic mass is 9.84. The van der Waals surface area contributed by atoms with Crippen molar-refractivity contribution in [2.75, 3.05) is 39.3 Å². The minimum Gasteiger partial charge on any atom is -0.313 e. The van der Waals surface area contributed by atoms with E-state index < -0.39 is 0 Å². The second-order valence-corrected chi connectivity index (χ2v) is 7.61. The van der Waals surface area contributed by atoms with Gasteiger partial charge in [0.15, 0.2) is 0 Å². The van der Waals surface area contributed by atoms with Crippen molar-refractivity contribution in [3.8, 4) is 0 Å². The van der Waals surface area contributed by atoms with Crippen LogP contribution < -0.4 is 5.32 Å². The van der Waals surface area contributed by atoms with E-state index in [-0.39, 0.29) is 0 Å². The first kappa shape index (κ1) is 17.2. The molecule has 2 atom stereocenters. The summed E-state index contributed by atoms with van der Waals surface area (Å²) in [5.41, 5.74) is 0.454. The van der Waals surface area contributed by atoms with E-state index in [0.29, 0.717) is 5.41 Å². The first-order chi connectivity index (χ1) is 10.1. The van der Waals surface area contributed by atoms with Crippen LogP contribution in [0.25, 0.3) is 0 Å². The van der Waals surface area contributed by atoms with Crippen LogP contribution in [-0.4, -0.2) is 61.2 Å². The van der Waals surface area contributed by atoms with E-state index in [0.717, 1.165) is 12.1 Å². The Bertz CT molecular complexity index is 299. The molecule has 1 aliphatic heterocycles. The highest BCUT2D eigenvalue weighted by Crippen LogP contribution is 2.29. The summed E-state index contributed by atoms with van der Waals surface area (Å²) >= 11 is 0. The van der Waals surface area contributed by atoms with Gasteiger partial charge in [0.1, 0.15) is 0 Å². The molecule has 2 aliphatic rings. The lowest BCUT2D eigenvalue weighted by molar-refractivity contribution is 0.154. The highest BCUT2D eigenvalue weighted by Gasteiger charge is 2.33. The molecule has 0 aromatic carbocycles. The molecule has 0 amide bonds. The average molecular weight is 296 g/mol. The van der Waals surface area contributed by atoms with Crippen molar-refractivity contribution in [2.45, 2.75) is 71.9 Å². The van der Waals surface area contributed by atoms with Crippen molar-refractivity contribution in [3.63, 3.8) is 0 Å². The highest BCUT2D eigenvalue weighted by molar-refractivity contribution is 4.90. The molecule has 1 heterocycles. The summed E-state index contributed by atoms with van der Waals surface area (Å²) in [6, 6.07) is 1.63. The van der Waals surface area contributed by atoms with Gasteiger partial charge in [-0.3, -0.25) is 4.90 Å². The van der Waals surface area contributed by atoms with Crippen LogP contribution in [0.15, 0.2) is 0 Å². The van der Waals surface area contributed by atoms with Crippen molar-refractivity contribution in [2.24, 2.45) is 5.41 Å². The standard InChI is InChI=1S/C18H37N3/c1-5-11-18(4,14-19-16-8-9-16)15-20-12-10-17(13-20)21(6-2)7-3/h16-17,19H,5-15H2,1-4H3. The van der Waals surface area contributed by atoms with Gasteiger partial charge in [0, 0.05) is 31.7 Å². The van der Waals surface area contributed by atoms with E-state index in [9.17, 15) is 0 Å². The topological polar surface area (TPSA) is 18.5 Å². The maximum absolute atomic E-state index is 3.78. The molecule has 2 fully saturated rings. The van der Waals surface area contributed by atoms with E-state index >= 15 is 0 Å². The molecule has 0 spiro atoms. The van der Waals surface area contributed by atoms with Gasteiger partial charge in [-0.15, -0.1) is 0 Å². The van der Waals surface area contributed by atoms with Crippen LogP contribution in [0.1, 0.15) is 59.8 Å². The van der Waals surface area contributed by atoms with Gasteiger partial charge in [0.25, 0.3) is 0 Å². The largest absolute Gasteiger partial charge is 0.313 e. The van der Waals surface area contributed by atoms with Crippen LogP contribution in [-0.2, 0) is 0 Å². The Morgan fingerprint density at radius 1 is 1.14 bits per heavy atom. The third kappa shape index (κ3) is 5.22. The third-order valence-corrected chi connectivity index (χ3v) is 5.43. The summed E-state index contributed by atoms with van der Waals surface area (Å²) in [7, 11) is 0. The Kier molecular flexibility index (Phi) is 6.51. The Hall–Kier alpha value is -0.120. The highest BCUT2D eigenvalue weighted by atomic mass is 15.3. The lowest BCUT2D eigenvalue weighted by Crippen LogP contribution is -2.44. The summed E-state index contributed by atoms with van der Waals surface area (Å²) in [5, 5.41) is 3.78. The quantitative estimate of drug-likeness (QED) is 0.668. The molecule has 1 saturated heterocycles. The van der Waals surface area contributed by atoms with Crippen LogP contribution in [0.4, 0.5) is 0 Å². The van der Waals surface area contributed by atoms with Gasteiger partial charge >= 0.3 is 0 Å². The summed E-state index contributed by atoms with van der Waals surface area (Å²) in [5.74, 6) is 0.